The highest BCUT2D eigenvalue weighted by atomic mass is 32.1. The Morgan fingerprint density at radius 3 is 2.54 bits per heavy atom. The standard InChI is InChI=1S/C20H20N4OS/c1-20(16-9-12(10-21)11-26-16)17(18(25)24(2)19(22)23-20)15-7-5-14(6-8-15)13-3-4-13/h5-9,11,13,17H,3-4H2,1-2H3,(H2,22,23)/t17-,20-/m1/s1. The predicted octanol–water partition coefficient (Wildman–Crippen LogP) is 3.28. The Kier molecular flexibility index (Phi) is 3.85. The molecule has 5 nitrogen and oxygen atoms in total. The van der Waals surface area contributed by atoms with Crippen LogP contribution in [-0.4, -0.2) is 23.8 Å². The third-order valence-electron chi connectivity index (χ3n) is 5.38. The van der Waals surface area contributed by atoms with Gasteiger partial charge < -0.3 is 5.73 Å². The van der Waals surface area contributed by atoms with Gasteiger partial charge in [0.2, 0.25) is 5.91 Å². The fourth-order valence-corrected chi connectivity index (χ4v) is 4.60. The van der Waals surface area contributed by atoms with E-state index in [2.05, 4.69) is 18.2 Å². The molecule has 1 aliphatic heterocycles. The van der Waals surface area contributed by atoms with Crippen LogP contribution in [0.1, 0.15) is 53.2 Å². The normalized spacial score (nSPS) is 25.7. The smallest absolute Gasteiger partial charge is 0.239 e. The van der Waals surface area contributed by atoms with E-state index >= 15 is 0 Å². The second-order valence-corrected chi connectivity index (χ2v) is 8.11. The Bertz CT molecular complexity index is 935. The number of thiophene rings is 1. The Hall–Kier alpha value is -2.65. The topological polar surface area (TPSA) is 82.5 Å². The molecule has 2 aliphatic rings. The number of nitrogens with two attached hydrogens (primary N) is 1. The van der Waals surface area contributed by atoms with Crippen LogP contribution in [-0.2, 0) is 10.3 Å². The molecule has 4 rings (SSSR count). The highest BCUT2D eigenvalue weighted by Crippen LogP contribution is 2.47. The second kappa shape index (κ2) is 5.96. The highest BCUT2D eigenvalue weighted by molar-refractivity contribution is 7.10. The van der Waals surface area contributed by atoms with E-state index in [1.165, 1.54) is 34.6 Å². The largest absolute Gasteiger partial charge is 0.369 e. The van der Waals surface area contributed by atoms with Crippen LogP contribution in [0.4, 0.5) is 0 Å². The van der Waals surface area contributed by atoms with Gasteiger partial charge in [-0.25, -0.2) is 4.99 Å². The molecule has 6 heteroatoms. The first-order chi connectivity index (χ1) is 12.4. The number of rotatable bonds is 3. The molecule has 1 aromatic carbocycles. The number of hydrogen-bond acceptors (Lipinski definition) is 5. The molecule has 0 saturated heterocycles. The molecular weight excluding hydrogens is 344 g/mol. The molecule has 1 aliphatic carbocycles. The lowest BCUT2D eigenvalue weighted by molar-refractivity contribution is -0.130. The molecule has 2 N–H and O–H groups in total. The first kappa shape index (κ1) is 16.8. The van der Waals surface area contributed by atoms with Crippen LogP contribution in [0.2, 0.25) is 0 Å². The summed E-state index contributed by atoms with van der Waals surface area (Å²) in [5.74, 6) is 0.323. The van der Waals surface area contributed by atoms with Crippen LogP contribution in [0, 0.1) is 11.3 Å². The molecule has 26 heavy (non-hydrogen) atoms. The number of benzene rings is 1. The SMILES string of the molecule is CN1C(=O)[C@@H](c2ccc(C3CC3)cc2)[C@@](C)(c2cc(C#N)cs2)N=C1N. The predicted molar refractivity (Wildman–Crippen MR) is 102 cm³/mol. The fraction of sp³-hybridized carbons (Fsp3) is 0.350. The second-order valence-electron chi connectivity index (χ2n) is 7.20. The minimum atomic E-state index is -0.825. The molecule has 1 saturated carbocycles. The van der Waals surface area contributed by atoms with Gasteiger partial charge in [-0.1, -0.05) is 24.3 Å². The molecule has 2 heterocycles. The lowest BCUT2D eigenvalue weighted by Crippen LogP contribution is -2.52. The van der Waals surface area contributed by atoms with Gasteiger partial charge in [0.05, 0.1) is 11.5 Å². The minimum absolute atomic E-state index is 0.0777. The quantitative estimate of drug-likeness (QED) is 0.907. The van der Waals surface area contributed by atoms with E-state index in [9.17, 15) is 10.1 Å². The van der Waals surface area contributed by atoms with Gasteiger partial charge >= 0.3 is 0 Å². The van der Waals surface area contributed by atoms with Crippen molar-refractivity contribution in [3.63, 3.8) is 0 Å². The van der Waals surface area contributed by atoms with Crippen LogP contribution in [0.25, 0.3) is 0 Å². The van der Waals surface area contributed by atoms with Crippen LogP contribution in [0.15, 0.2) is 40.7 Å². The average molecular weight is 364 g/mol. The molecule has 2 atom stereocenters. The molecule has 1 aromatic heterocycles. The van der Waals surface area contributed by atoms with E-state index in [-0.39, 0.29) is 11.9 Å². The van der Waals surface area contributed by atoms with Gasteiger partial charge in [-0.2, -0.15) is 5.26 Å². The average Bonchev–Trinajstić information content (AvgIpc) is 3.36. The lowest BCUT2D eigenvalue weighted by atomic mass is 9.77. The summed E-state index contributed by atoms with van der Waals surface area (Å²) in [6.45, 7) is 1.93. The Labute approximate surface area is 156 Å². The van der Waals surface area contributed by atoms with E-state index in [1.54, 1.807) is 12.4 Å². The van der Waals surface area contributed by atoms with Crippen molar-refractivity contribution in [3.8, 4) is 6.07 Å². The summed E-state index contributed by atoms with van der Waals surface area (Å²) in [4.78, 5) is 20.1. The summed E-state index contributed by atoms with van der Waals surface area (Å²) in [6, 6.07) is 12.3. The molecule has 2 aromatic rings. The van der Waals surface area contributed by atoms with E-state index in [0.29, 0.717) is 11.5 Å². The molecular formula is C20H20N4OS. The first-order valence-corrected chi connectivity index (χ1v) is 9.54. The van der Waals surface area contributed by atoms with Gasteiger partial charge in [-0.3, -0.25) is 9.69 Å². The summed E-state index contributed by atoms with van der Waals surface area (Å²) in [7, 11) is 1.65. The Morgan fingerprint density at radius 2 is 1.96 bits per heavy atom. The summed E-state index contributed by atoms with van der Waals surface area (Å²) in [6.07, 6.45) is 2.49. The van der Waals surface area contributed by atoms with Crippen LogP contribution in [0.3, 0.4) is 0 Å². The molecule has 0 bridgehead atoms. The van der Waals surface area contributed by atoms with Crippen molar-refractivity contribution in [1.82, 2.24) is 4.90 Å². The van der Waals surface area contributed by atoms with Crippen molar-refractivity contribution >= 4 is 23.2 Å². The van der Waals surface area contributed by atoms with Gasteiger partial charge in [0, 0.05) is 17.3 Å². The van der Waals surface area contributed by atoms with Gasteiger partial charge in [0.15, 0.2) is 5.96 Å². The summed E-state index contributed by atoms with van der Waals surface area (Å²) in [5, 5.41) is 11.0. The first-order valence-electron chi connectivity index (χ1n) is 8.66. The zero-order valence-corrected chi connectivity index (χ0v) is 15.6. The van der Waals surface area contributed by atoms with Gasteiger partial charge in [-0.05, 0) is 42.9 Å². The Morgan fingerprint density at radius 1 is 1.31 bits per heavy atom. The molecule has 0 radical (unpaired) electrons. The van der Waals surface area contributed by atoms with Crippen molar-refractivity contribution in [3.05, 3.63) is 57.3 Å². The number of carbonyl (C=O) groups excluding carboxylic acids is 1. The van der Waals surface area contributed by atoms with E-state index < -0.39 is 11.5 Å². The number of aliphatic imine (C=N–C) groups is 1. The summed E-state index contributed by atoms with van der Waals surface area (Å²) in [5.41, 5.74) is 8.04. The third-order valence-corrected chi connectivity index (χ3v) is 6.53. The van der Waals surface area contributed by atoms with Gasteiger partial charge in [0.1, 0.15) is 11.6 Å². The minimum Gasteiger partial charge on any atom is -0.369 e. The molecule has 132 valence electrons. The van der Waals surface area contributed by atoms with Gasteiger partial charge in [0.25, 0.3) is 0 Å². The number of carbonyl (C=O) groups is 1. The number of hydrogen-bond donors (Lipinski definition) is 1. The maximum Gasteiger partial charge on any atom is 0.239 e. The van der Waals surface area contributed by atoms with Gasteiger partial charge in [-0.15, -0.1) is 11.3 Å². The monoisotopic (exact) mass is 364 g/mol. The van der Waals surface area contributed by atoms with Crippen molar-refractivity contribution in [2.24, 2.45) is 10.7 Å². The van der Waals surface area contributed by atoms with Crippen LogP contribution < -0.4 is 5.73 Å². The van der Waals surface area contributed by atoms with E-state index in [1.807, 2.05) is 25.1 Å². The number of amides is 1. The fourth-order valence-electron chi connectivity index (χ4n) is 3.63. The zero-order chi connectivity index (χ0) is 18.5. The highest BCUT2D eigenvalue weighted by Gasteiger charge is 2.48. The summed E-state index contributed by atoms with van der Waals surface area (Å²) >= 11 is 1.45. The van der Waals surface area contributed by atoms with Crippen LogP contribution in [0.5, 0.6) is 0 Å². The maximum absolute atomic E-state index is 13.1. The van der Waals surface area contributed by atoms with E-state index in [0.717, 1.165) is 10.4 Å². The third kappa shape index (κ3) is 2.60. The van der Waals surface area contributed by atoms with Crippen molar-refractivity contribution in [2.75, 3.05) is 7.05 Å². The maximum atomic E-state index is 13.1. The molecule has 1 fully saturated rings. The summed E-state index contributed by atoms with van der Waals surface area (Å²) < 4.78 is 0. The number of nitriles is 1. The van der Waals surface area contributed by atoms with Crippen molar-refractivity contribution in [1.29, 1.82) is 5.26 Å². The molecule has 0 spiro atoms. The zero-order valence-electron chi connectivity index (χ0n) is 14.8. The number of nitrogens with zero attached hydrogens (tertiary/aromatic N) is 3. The number of likely N-dealkylation sites (N-methyl/N-ethyl adjacent to an activating group) is 1. The Balaban J connectivity index is 1.82. The molecule has 1 amide bonds. The number of guanidine groups is 1. The van der Waals surface area contributed by atoms with E-state index in [4.69, 9.17) is 10.7 Å². The van der Waals surface area contributed by atoms with Crippen LogP contribution >= 0.6 is 11.3 Å². The lowest BCUT2D eigenvalue weighted by Gasteiger charge is -2.40. The van der Waals surface area contributed by atoms with Crippen molar-refractivity contribution < 1.29 is 4.79 Å². The molecule has 0 unspecified atom stereocenters. The van der Waals surface area contributed by atoms with Crippen molar-refractivity contribution in [2.45, 2.75) is 37.1 Å².